The first-order valence-corrected chi connectivity index (χ1v) is 16.2. The van der Waals surface area contributed by atoms with Crippen LogP contribution in [0.15, 0.2) is 158 Å². The van der Waals surface area contributed by atoms with Gasteiger partial charge in [0.1, 0.15) is 0 Å². The van der Waals surface area contributed by atoms with E-state index in [0.29, 0.717) is 0 Å². The van der Waals surface area contributed by atoms with Crippen LogP contribution in [-0.4, -0.2) is 9.13 Å². The number of fused-ring (bicyclic) bond motifs is 10. The number of benzene rings is 7. The van der Waals surface area contributed by atoms with E-state index < -0.39 is 0 Å². The largest absolute Gasteiger partial charge is 0.309 e. The molecule has 10 aromatic rings. The fraction of sp³-hybridized carbons (Fsp3) is 0. The molecule has 0 aliphatic rings. The number of thiophene rings is 1. The molecule has 0 unspecified atom stereocenters. The Morgan fingerprint density at radius 3 is 1.80 bits per heavy atom. The summed E-state index contributed by atoms with van der Waals surface area (Å²) in [6.45, 7) is 0. The van der Waals surface area contributed by atoms with Crippen molar-refractivity contribution in [2.45, 2.75) is 0 Å². The molecule has 0 N–H and O–H groups in total. The fourth-order valence-corrected chi connectivity index (χ4v) is 8.43. The van der Waals surface area contributed by atoms with Gasteiger partial charge < -0.3 is 9.13 Å². The Balaban J connectivity index is 1.30. The molecule has 10 rings (SSSR count). The van der Waals surface area contributed by atoms with E-state index in [1.807, 2.05) is 11.3 Å². The first kappa shape index (κ1) is 24.8. The minimum absolute atomic E-state index is 1.16. The number of hydrogen-bond donors (Lipinski definition) is 0. The van der Waals surface area contributed by atoms with Gasteiger partial charge in [-0.25, -0.2) is 0 Å². The topological polar surface area (TPSA) is 9.86 Å². The first-order chi connectivity index (χ1) is 22.3. The van der Waals surface area contributed by atoms with Gasteiger partial charge in [0, 0.05) is 53.1 Å². The molecular formula is C42H26N2S. The van der Waals surface area contributed by atoms with Gasteiger partial charge >= 0.3 is 0 Å². The monoisotopic (exact) mass is 590 g/mol. The van der Waals surface area contributed by atoms with Gasteiger partial charge in [0.25, 0.3) is 0 Å². The molecule has 0 radical (unpaired) electrons. The molecule has 0 saturated heterocycles. The molecule has 0 saturated carbocycles. The summed E-state index contributed by atoms with van der Waals surface area (Å²) < 4.78 is 7.57. The maximum Gasteiger partial charge on any atom is 0.0641 e. The summed E-state index contributed by atoms with van der Waals surface area (Å²) in [5, 5.41) is 7.72. The van der Waals surface area contributed by atoms with E-state index >= 15 is 0 Å². The average molecular weight is 591 g/mol. The lowest BCUT2D eigenvalue weighted by Gasteiger charge is -2.11. The Kier molecular flexibility index (Phi) is 5.19. The van der Waals surface area contributed by atoms with Crippen molar-refractivity contribution < 1.29 is 0 Å². The minimum atomic E-state index is 1.16. The summed E-state index contributed by atoms with van der Waals surface area (Å²) >= 11 is 1.87. The van der Waals surface area contributed by atoms with Crippen LogP contribution in [0.1, 0.15) is 0 Å². The Morgan fingerprint density at radius 2 is 0.978 bits per heavy atom. The van der Waals surface area contributed by atoms with Crippen molar-refractivity contribution in [3.8, 4) is 22.5 Å². The molecule has 45 heavy (non-hydrogen) atoms. The zero-order chi connectivity index (χ0) is 29.5. The Labute approximate surface area is 263 Å². The van der Waals surface area contributed by atoms with E-state index in [1.54, 1.807) is 0 Å². The van der Waals surface area contributed by atoms with Gasteiger partial charge in [-0.2, -0.15) is 0 Å². The van der Waals surface area contributed by atoms with Crippen molar-refractivity contribution in [3.63, 3.8) is 0 Å². The molecule has 7 aromatic carbocycles. The van der Waals surface area contributed by atoms with Crippen LogP contribution in [0.3, 0.4) is 0 Å². The molecular weight excluding hydrogens is 565 g/mol. The lowest BCUT2D eigenvalue weighted by atomic mass is 10.1. The second kappa shape index (κ2) is 9.43. The molecule has 0 fully saturated rings. The molecule has 0 atom stereocenters. The standard InChI is InChI=1S/C42H26N2S/c1-2-10-27(11-3-1)28-18-20-29(21-19-28)43-37-16-8-5-14-34(37)41-38(43)24-23-33-31-12-4-7-15-36(31)44(42(33)41)30-22-25-40-35(26-30)32-13-6-9-17-39(32)45-40/h1-26H. The quantitative estimate of drug-likeness (QED) is 0.194. The SMILES string of the molecule is c1ccc(-c2ccc(-n3c4ccccc4c4c3ccc3c5ccccc5n(-c5ccc6sc7ccccc7c6c5)c34)cc2)cc1. The van der Waals surface area contributed by atoms with Gasteiger partial charge in [-0.05, 0) is 65.7 Å². The highest BCUT2D eigenvalue weighted by molar-refractivity contribution is 7.25. The predicted molar refractivity (Wildman–Crippen MR) is 193 cm³/mol. The van der Waals surface area contributed by atoms with Gasteiger partial charge in [0.2, 0.25) is 0 Å². The third-order valence-corrected chi connectivity index (χ3v) is 10.5. The lowest BCUT2D eigenvalue weighted by molar-refractivity contribution is 1.18. The third kappa shape index (κ3) is 3.56. The Hall–Kier alpha value is -5.64. The van der Waals surface area contributed by atoms with Crippen molar-refractivity contribution in [1.29, 1.82) is 0 Å². The molecule has 0 aliphatic carbocycles. The number of rotatable bonds is 3. The molecule has 0 bridgehead atoms. The van der Waals surface area contributed by atoms with Gasteiger partial charge in [0.15, 0.2) is 0 Å². The zero-order valence-electron chi connectivity index (χ0n) is 24.3. The molecule has 2 nitrogen and oxygen atoms in total. The average Bonchev–Trinajstić information content (AvgIpc) is 3.76. The molecule has 0 spiro atoms. The summed E-state index contributed by atoms with van der Waals surface area (Å²) in [5.41, 5.74) is 9.70. The van der Waals surface area contributed by atoms with Crippen molar-refractivity contribution in [2.24, 2.45) is 0 Å². The van der Waals surface area contributed by atoms with Gasteiger partial charge in [-0.15, -0.1) is 11.3 Å². The van der Waals surface area contributed by atoms with Gasteiger partial charge in [-0.3, -0.25) is 0 Å². The predicted octanol–water partition coefficient (Wildman–Crippen LogP) is 11.9. The summed E-state index contributed by atoms with van der Waals surface area (Å²) in [4.78, 5) is 0. The summed E-state index contributed by atoms with van der Waals surface area (Å²) in [6.07, 6.45) is 0. The number of para-hydroxylation sites is 2. The molecule has 3 aromatic heterocycles. The first-order valence-electron chi connectivity index (χ1n) is 15.4. The van der Waals surface area contributed by atoms with Crippen LogP contribution in [-0.2, 0) is 0 Å². The Morgan fingerprint density at radius 1 is 0.356 bits per heavy atom. The smallest absolute Gasteiger partial charge is 0.0641 e. The van der Waals surface area contributed by atoms with Crippen LogP contribution in [0.25, 0.3) is 86.3 Å². The second-order valence-electron chi connectivity index (χ2n) is 11.8. The second-order valence-corrected chi connectivity index (χ2v) is 12.8. The lowest BCUT2D eigenvalue weighted by Crippen LogP contribution is -1.95. The highest BCUT2D eigenvalue weighted by Crippen LogP contribution is 2.43. The molecule has 210 valence electrons. The minimum Gasteiger partial charge on any atom is -0.309 e. The van der Waals surface area contributed by atoms with Gasteiger partial charge in [-0.1, -0.05) is 103 Å². The van der Waals surface area contributed by atoms with E-state index in [2.05, 4.69) is 167 Å². The van der Waals surface area contributed by atoms with Crippen LogP contribution in [0.4, 0.5) is 0 Å². The zero-order valence-corrected chi connectivity index (χ0v) is 25.1. The van der Waals surface area contributed by atoms with Gasteiger partial charge in [0.05, 0.1) is 22.1 Å². The van der Waals surface area contributed by atoms with Crippen molar-refractivity contribution in [1.82, 2.24) is 9.13 Å². The van der Waals surface area contributed by atoms with E-state index in [4.69, 9.17) is 0 Å². The highest BCUT2D eigenvalue weighted by Gasteiger charge is 2.21. The number of nitrogens with zero attached hydrogens (tertiary/aromatic N) is 2. The van der Waals surface area contributed by atoms with Crippen molar-refractivity contribution in [2.75, 3.05) is 0 Å². The fourth-order valence-electron chi connectivity index (χ4n) is 7.34. The van der Waals surface area contributed by atoms with E-state index in [0.717, 1.165) is 5.69 Å². The highest BCUT2D eigenvalue weighted by atomic mass is 32.1. The van der Waals surface area contributed by atoms with Crippen LogP contribution < -0.4 is 0 Å². The molecule has 3 heteroatoms. The number of aromatic nitrogens is 2. The van der Waals surface area contributed by atoms with Crippen molar-refractivity contribution in [3.05, 3.63) is 158 Å². The number of hydrogen-bond acceptors (Lipinski definition) is 1. The Bertz CT molecular complexity index is 2740. The molecule has 0 aliphatic heterocycles. The maximum atomic E-state index is 2.49. The summed E-state index contributed by atoms with van der Waals surface area (Å²) in [5.74, 6) is 0. The van der Waals surface area contributed by atoms with Crippen molar-refractivity contribution >= 4 is 75.1 Å². The normalized spacial score (nSPS) is 12.0. The maximum absolute atomic E-state index is 2.49. The van der Waals surface area contributed by atoms with E-state index in [1.165, 1.54) is 80.6 Å². The van der Waals surface area contributed by atoms with Crippen LogP contribution in [0, 0.1) is 0 Å². The van der Waals surface area contributed by atoms with E-state index in [-0.39, 0.29) is 0 Å². The van der Waals surface area contributed by atoms with E-state index in [9.17, 15) is 0 Å². The van der Waals surface area contributed by atoms with Crippen LogP contribution in [0.2, 0.25) is 0 Å². The summed E-state index contributed by atoms with van der Waals surface area (Å²) in [6, 6.07) is 57.6. The third-order valence-electron chi connectivity index (χ3n) is 9.32. The molecule has 3 heterocycles. The molecule has 0 amide bonds. The van der Waals surface area contributed by atoms with Crippen LogP contribution >= 0.6 is 11.3 Å². The summed E-state index contributed by atoms with van der Waals surface area (Å²) in [7, 11) is 0. The van der Waals surface area contributed by atoms with Crippen LogP contribution in [0.5, 0.6) is 0 Å².